The Balaban J connectivity index is 2.09. The average molecular weight is 352 g/mol. The fraction of sp³-hybridized carbons (Fsp3) is 0.250. The second-order valence-corrected chi connectivity index (χ2v) is 7.33. The van der Waals surface area contributed by atoms with Crippen LogP contribution < -0.4 is 5.32 Å². The highest BCUT2D eigenvalue weighted by molar-refractivity contribution is 7.90. The van der Waals surface area contributed by atoms with E-state index in [1.807, 2.05) is 0 Å². The molecule has 0 aliphatic carbocycles. The molecule has 0 saturated heterocycles. The molecule has 2 aromatic carbocycles. The summed E-state index contributed by atoms with van der Waals surface area (Å²) in [6, 6.07) is 10.4. The highest BCUT2D eigenvalue weighted by Gasteiger charge is 2.25. The quantitative estimate of drug-likeness (QED) is 0.470. The Kier molecular flexibility index (Phi) is 5.50. The first-order valence-corrected chi connectivity index (χ1v) is 9.14. The molecular weight excluding hydrogens is 335 g/mol. The summed E-state index contributed by atoms with van der Waals surface area (Å²) >= 11 is 0. The van der Waals surface area contributed by atoms with E-state index in [4.69, 9.17) is 0 Å². The molecule has 2 aromatic rings. The van der Waals surface area contributed by atoms with E-state index in [1.165, 1.54) is 30.3 Å². The predicted molar refractivity (Wildman–Crippen MR) is 89.4 cm³/mol. The molecule has 0 bridgehead atoms. The number of nitro groups is 1. The van der Waals surface area contributed by atoms with Crippen LogP contribution in [0.3, 0.4) is 0 Å². The molecule has 0 aliphatic heterocycles. The molecule has 2 rings (SSSR count). The van der Waals surface area contributed by atoms with Crippen LogP contribution in [0, 0.1) is 15.9 Å². The van der Waals surface area contributed by atoms with Gasteiger partial charge in [-0.05, 0) is 42.7 Å². The molecule has 0 amide bonds. The summed E-state index contributed by atoms with van der Waals surface area (Å²) in [5.41, 5.74) is 0.532. The molecular formula is C16H17FN2O4S. The van der Waals surface area contributed by atoms with Gasteiger partial charge in [-0.1, -0.05) is 18.2 Å². The summed E-state index contributed by atoms with van der Waals surface area (Å²) in [6.45, 7) is 0.393. The van der Waals surface area contributed by atoms with Crippen molar-refractivity contribution < 1.29 is 17.7 Å². The molecule has 0 aliphatic rings. The van der Waals surface area contributed by atoms with E-state index in [2.05, 4.69) is 5.32 Å². The first-order chi connectivity index (χ1) is 11.3. The molecule has 0 radical (unpaired) electrons. The predicted octanol–water partition coefficient (Wildman–Crippen LogP) is 3.18. The van der Waals surface area contributed by atoms with Crippen LogP contribution in [0.4, 0.5) is 15.8 Å². The van der Waals surface area contributed by atoms with Crippen LogP contribution in [0.5, 0.6) is 0 Å². The van der Waals surface area contributed by atoms with Gasteiger partial charge in [0, 0.05) is 12.8 Å². The van der Waals surface area contributed by atoms with E-state index in [0.717, 1.165) is 11.8 Å². The number of sulfone groups is 1. The first-order valence-electron chi connectivity index (χ1n) is 7.25. The lowest BCUT2D eigenvalue weighted by atomic mass is 10.1. The number of nitrogens with zero attached hydrogens (tertiary/aromatic N) is 1. The third-order valence-electron chi connectivity index (χ3n) is 3.43. The van der Waals surface area contributed by atoms with Crippen LogP contribution in [0.2, 0.25) is 0 Å². The van der Waals surface area contributed by atoms with Gasteiger partial charge in [-0.25, -0.2) is 12.8 Å². The second kappa shape index (κ2) is 7.39. The Morgan fingerprint density at radius 2 is 1.92 bits per heavy atom. The minimum absolute atomic E-state index is 0.155. The van der Waals surface area contributed by atoms with Gasteiger partial charge in [-0.15, -0.1) is 0 Å². The van der Waals surface area contributed by atoms with E-state index in [0.29, 0.717) is 19.4 Å². The molecule has 0 heterocycles. The van der Waals surface area contributed by atoms with Crippen molar-refractivity contribution in [2.75, 3.05) is 18.1 Å². The first kappa shape index (κ1) is 17.9. The summed E-state index contributed by atoms with van der Waals surface area (Å²) < 4.78 is 36.5. The Bertz CT molecular complexity index is 853. The number of benzene rings is 2. The van der Waals surface area contributed by atoms with Crippen molar-refractivity contribution in [3.05, 3.63) is 64.0 Å². The zero-order valence-electron chi connectivity index (χ0n) is 13.0. The van der Waals surface area contributed by atoms with E-state index in [9.17, 15) is 22.9 Å². The van der Waals surface area contributed by atoms with Gasteiger partial charge in [0.1, 0.15) is 16.4 Å². The van der Waals surface area contributed by atoms with Crippen molar-refractivity contribution in [3.63, 3.8) is 0 Å². The van der Waals surface area contributed by atoms with Gasteiger partial charge in [0.05, 0.1) is 4.92 Å². The molecule has 0 unspecified atom stereocenters. The van der Waals surface area contributed by atoms with Crippen molar-refractivity contribution in [3.8, 4) is 0 Å². The highest BCUT2D eigenvalue weighted by atomic mass is 32.2. The van der Waals surface area contributed by atoms with Gasteiger partial charge in [-0.2, -0.15) is 0 Å². The summed E-state index contributed by atoms with van der Waals surface area (Å²) in [4.78, 5) is 10.2. The molecule has 0 aromatic heterocycles. The Hall–Kier alpha value is -2.48. The summed E-state index contributed by atoms with van der Waals surface area (Å²) in [5, 5.41) is 14.1. The zero-order chi connectivity index (χ0) is 17.7. The lowest BCUT2D eigenvalue weighted by Gasteiger charge is -2.09. The number of nitro benzene ring substituents is 1. The van der Waals surface area contributed by atoms with Crippen LogP contribution in [-0.2, 0) is 16.3 Å². The average Bonchev–Trinajstić information content (AvgIpc) is 2.50. The second-order valence-electron chi connectivity index (χ2n) is 5.34. The maximum Gasteiger partial charge on any atom is 0.310 e. The molecule has 0 fully saturated rings. The van der Waals surface area contributed by atoms with Gasteiger partial charge in [0.15, 0.2) is 9.84 Å². The molecule has 0 atom stereocenters. The van der Waals surface area contributed by atoms with Gasteiger partial charge in [0.25, 0.3) is 0 Å². The molecule has 8 heteroatoms. The van der Waals surface area contributed by atoms with Crippen molar-refractivity contribution >= 4 is 21.2 Å². The van der Waals surface area contributed by atoms with Crippen molar-refractivity contribution in [2.45, 2.75) is 17.7 Å². The van der Waals surface area contributed by atoms with Crippen LogP contribution in [-0.4, -0.2) is 26.1 Å². The maximum atomic E-state index is 13.1. The third kappa shape index (κ3) is 4.51. The number of anilines is 1. The topological polar surface area (TPSA) is 89.3 Å². The normalized spacial score (nSPS) is 11.2. The minimum Gasteiger partial charge on any atom is -0.379 e. The molecule has 1 N–H and O–H groups in total. The SMILES string of the molecule is CS(=O)(=O)c1cccc(NCCCc2cccc(F)c2)c1[N+](=O)[O-]. The molecule has 0 spiro atoms. The van der Waals surface area contributed by atoms with Crippen LogP contribution in [0.1, 0.15) is 12.0 Å². The van der Waals surface area contributed by atoms with Crippen molar-refractivity contribution in [1.29, 1.82) is 0 Å². The van der Waals surface area contributed by atoms with E-state index >= 15 is 0 Å². The smallest absolute Gasteiger partial charge is 0.310 e. The van der Waals surface area contributed by atoms with Crippen LogP contribution >= 0.6 is 0 Å². The number of para-hydroxylation sites is 1. The molecule has 24 heavy (non-hydrogen) atoms. The third-order valence-corrected chi connectivity index (χ3v) is 4.56. The number of rotatable bonds is 7. The highest BCUT2D eigenvalue weighted by Crippen LogP contribution is 2.31. The fourth-order valence-electron chi connectivity index (χ4n) is 2.36. The van der Waals surface area contributed by atoms with Crippen LogP contribution in [0.25, 0.3) is 0 Å². The van der Waals surface area contributed by atoms with Crippen molar-refractivity contribution in [2.24, 2.45) is 0 Å². The van der Waals surface area contributed by atoms with E-state index in [1.54, 1.807) is 12.1 Å². The van der Waals surface area contributed by atoms with Gasteiger partial charge >= 0.3 is 5.69 Å². The standard InChI is InChI=1S/C16H17FN2O4S/c1-24(22,23)15-9-3-8-14(16(15)19(20)21)18-10-4-6-12-5-2-7-13(17)11-12/h2-3,5,7-9,11,18H,4,6,10H2,1H3. The number of nitrogens with one attached hydrogen (secondary N) is 1. The van der Waals surface area contributed by atoms with Gasteiger partial charge < -0.3 is 5.32 Å². The monoisotopic (exact) mass is 352 g/mol. The van der Waals surface area contributed by atoms with Gasteiger partial charge in [0.2, 0.25) is 0 Å². The summed E-state index contributed by atoms with van der Waals surface area (Å²) in [6.07, 6.45) is 2.15. The minimum atomic E-state index is -3.70. The summed E-state index contributed by atoms with van der Waals surface area (Å²) in [7, 11) is -3.70. The van der Waals surface area contributed by atoms with E-state index in [-0.39, 0.29) is 16.4 Å². The van der Waals surface area contributed by atoms with Crippen molar-refractivity contribution in [1.82, 2.24) is 0 Å². The number of halogens is 1. The lowest BCUT2D eigenvalue weighted by Crippen LogP contribution is -2.09. The summed E-state index contributed by atoms with van der Waals surface area (Å²) in [5.74, 6) is -0.308. The Morgan fingerprint density at radius 3 is 2.54 bits per heavy atom. The Labute approximate surface area is 139 Å². The fourth-order valence-corrected chi connectivity index (χ4v) is 3.22. The Morgan fingerprint density at radius 1 is 1.21 bits per heavy atom. The number of hydrogen-bond donors (Lipinski definition) is 1. The number of aryl methyl sites for hydroxylation is 1. The van der Waals surface area contributed by atoms with Crippen LogP contribution in [0.15, 0.2) is 47.4 Å². The molecule has 0 saturated carbocycles. The zero-order valence-corrected chi connectivity index (χ0v) is 13.8. The lowest BCUT2D eigenvalue weighted by molar-refractivity contribution is -0.386. The molecule has 128 valence electrons. The largest absolute Gasteiger partial charge is 0.379 e. The van der Waals surface area contributed by atoms with Gasteiger partial charge in [-0.3, -0.25) is 10.1 Å². The molecule has 6 nitrogen and oxygen atoms in total. The maximum absolute atomic E-state index is 13.1. The van der Waals surface area contributed by atoms with E-state index < -0.39 is 20.4 Å². The number of hydrogen-bond acceptors (Lipinski definition) is 5.